The van der Waals surface area contributed by atoms with Crippen LogP contribution in [0.15, 0.2) is 24.3 Å². The number of anilines is 2. The third kappa shape index (κ3) is 7.36. The van der Waals surface area contributed by atoms with Gasteiger partial charge in [-0.15, -0.1) is 12.4 Å². The van der Waals surface area contributed by atoms with Crippen LogP contribution in [0.2, 0.25) is 0 Å². The van der Waals surface area contributed by atoms with Gasteiger partial charge in [-0.3, -0.25) is 4.79 Å². The van der Waals surface area contributed by atoms with Crippen LogP contribution in [-0.4, -0.2) is 44.3 Å². The highest BCUT2D eigenvalue weighted by Gasteiger charge is 2.17. The molecule has 0 aromatic heterocycles. The number of ether oxygens (including phenoxy) is 1. The van der Waals surface area contributed by atoms with Crippen LogP contribution in [0.1, 0.15) is 32.1 Å². The molecular formula is C19H29ClN4O3. The number of benzene rings is 1. The van der Waals surface area contributed by atoms with Gasteiger partial charge in [-0.25, -0.2) is 4.79 Å². The van der Waals surface area contributed by atoms with Crippen LogP contribution in [0, 0.1) is 5.92 Å². The number of rotatable bonds is 7. The summed E-state index contributed by atoms with van der Waals surface area (Å²) in [6.45, 7) is 3.37. The Balaban J connectivity index is 0.00000261. The summed E-state index contributed by atoms with van der Waals surface area (Å²) < 4.78 is 5.47. The number of carbonyl (C=O) groups is 2. The molecule has 8 heteroatoms. The quantitative estimate of drug-likeness (QED) is 0.570. The second kappa shape index (κ2) is 11.1. The molecule has 0 bridgehead atoms. The Morgan fingerprint density at radius 1 is 1.11 bits per heavy atom. The summed E-state index contributed by atoms with van der Waals surface area (Å²) in [5, 5.41) is 11.8. The molecule has 7 nitrogen and oxygen atoms in total. The maximum atomic E-state index is 12.0. The SMILES string of the molecule is Cl.O=C(CCC1CCNC1)Nc1ccc(NC(=O)NCC2CCCO2)cc1. The molecule has 0 saturated carbocycles. The summed E-state index contributed by atoms with van der Waals surface area (Å²) in [6, 6.07) is 6.90. The van der Waals surface area contributed by atoms with Crippen molar-refractivity contribution in [1.29, 1.82) is 0 Å². The van der Waals surface area contributed by atoms with E-state index in [1.807, 2.05) is 0 Å². The number of nitrogens with one attached hydrogen (secondary N) is 4. The number of urea groups is 1. The van der Waals surface area contributed by atoms with Crippen molar-refractivity contribution < 1.29 is 14.3 Å². The van der Waals surface area contributed by atoms with Crippen LogP contribution in [0.4, 0.5) is 16.2 Å². The summed E-state index contributed by atoms with van der Waals surface area (Å²) >= 11 is 0. The van der Waals surface area contributed by atoms with E-state index in [-0.39, 0.29) is 30.4 Å². The van der Waals surface area contributed by atoms with Gasteiger partial charge in [0.1, 0.15) is 0 Å². The number of hydrogen-bond donors (Lipinski definition) is 4. The first kappa shape index (κ1) is 21.5. The lowest BCUT2D eigenvalue weighted by atomic mass is 10.0. The molecule has 2 aliphatic heterocycles. The molecule has 2 saturated heterocycles. The Kier molecular flexibility index (Phi) is 8.84. The average molecular weight is 397 g/mol. The molecule has 150 valence electrons. The van der Waals surface area contributed by atoms with Gasteiger partial charge in [0.25, 0.3) is 0 Å². The van der Waals surface area contributed by atoms with Gasteiger partial charge >= 0.3 is 6.03 Å². The Hall–Kier alpha value is -1.83. The predicted octanol–water partition coefficient (Wildman–Crippen LogP) is 2.74. The lowest BCUT2D eigenvalue weighted by Gasteiger charge is -2.12. The predicted molar refractivity (Wildman–Crippen MR) is 109 cm³/mol. The summed E-state index contributed by atoms with van der Waals surface area (Å²) in [6.07, 6.45) is 4.78. The molecule has 3 rings (SSSR count). The van der Waals surface area contributed by atoms with Crippen molar-refractivity contribution in [1.82, 2.24) is 10.6 Å². The first-order valence-electron chi connectivity index (χ1n) is 9.46. The Morgan fingerprint density at radius 2 is 1.85 bits per heavy atom. The second-order valence-corrected chi connectivity index (χ2v) is 6.99. The van der Waals surface area contributed by atoms with Gasteiger partial charge in [0.15, 0.2) is 0 Å². The van der Waals surface area contributed by atoms with E-state index >= 15 is 0 Å². The third-order valence-corrected chi connectivity index (χ3v) is 4.88. The molecule has 2 aliphatic rings. The molecule has 2 unspecified atom stereocenters. The van der Waals surface area contributed by atoms with E-state index in [2.05, 4.69) is 21.3 Å². The van der Waals surface area contributed by atoms with Crippen molar-refractivity contribution in [2.24, 2.45) is 5.92 Å². The lowest BCUT2D eigenvalue weighted by molar-refractivity contribution is -0.116. The van der Waals surface area contributed by atoms with Crippen molar-refractivity contribution in [3.05, 3.63) is 24.3 Å². The van der Waals surface area contributed by atoms with Crippen LogP contribution in [0.25, 0.3) is 0 Å². The minimum atomic E-state index is -0.248. The van der Waals surface area contributed by atoms with Gasteiger partial charge in [-0.2, -0.15) is 0 Å². The van der Waals surface area contributed by atoms with Crippen LogP contribution in [0.3, 0.4) is 0 Å². The zero-order valence-electron chi connectivity index (χ0n) is 15.5. The Bertz CT molecular complexity index is 546. The summed E-state index contributed by atoms with van der Waals surface area (Å²) in [7, 11) is 0. The largest absolute Gasteiger partial charge is 0.376 e. The molecular weight excluding hydrogens is 368 g/mol. The second-order valence-electron chi connectivity index (χ2n) is 6.99. The number of carbonyl (C=O) groups excluding carboxylic acids is 2. The maximum absolute atomic E-state index is 12.0. The minimum Gasteiger partial charge on any atom is -0.376 e. The van der Waals surface area contributed by atoms with E-state index in [9.17, 15) is 9.59 Å². The molecule has 27 heavy (non-hydrogen) atoms. The minimum absolute atomic E-state index is 0. The fourth-order valence-corrected chi connectivity index (χ4v) is 3.34. The highest BCUT2D eigenvalue weighted by Crippen LogP contribution is 2.17. The van der Waals surface area contributed by atoms with E-state index in [1.54, 1.807) is 24.3 Å². The molecule has 2 atom stereocenters. The topological polar surface area (TPSA) is 91.5 Å². The van der Waals surface area contributed by atoms with Crippen LogP contribution >= 0.6 is 12.4 Å². The monoisotopic (exact) mass is 396 g/mol. The number of amides is 3. The van der Waals surface area contributed by atoms with E-state index in [1.165, 1.54) is 0 Å². The molecule has 4 N–H and O–H groups in total. The molecule has 2 heterocycles. The van der Waals surface area contributed by atoms with E-state index in [0.717, 1.165) is 51.1 Å². The molecule has 1 aromatic carbocycles. The highest BCUT2D eigenvalue weighted by atomic mass is 35.5. The van der Waals surface area contributed by atoms with E-state index in [4.69, 9.17) is 4.74 Å². The van der Waals surface area contributed by atoms with Gasteiger partial charge in [0.2, 0.25) is 5.91 Å². The summed E-state index contributed by atoms with van der Waals surface area (Å²) in [5.41, 5.74) is 1.43. The molecule has 3 amide bonds. The van der Waals surface area contributed by atoms with Gasteiger partial charge in [-0.1, -0.05) is 0 Å². The maximum Gasteiger partial charge on any atom is 0.319 e. The standard InChI is InChI=1S/C19H28N4O3.ClH/c24-18(8-3-14-9-10-20-12-14)22-15-4-6-16(7-5-15)23-19(25)21-13-17-2-1-11-26-17;/h4-7,14,17,20H,1-3,8-13H2,(H,22,24)(H2,21,23,25);1H. The normalized spacial score (nSPS) is 21.3. The molecule has 0 aliphatic carbocycles. The van der Waals surface area contributed by atoms with Crippen LogP contribution < -0.4 is 21.3 Å². The van der Waals surface area contributed by atoms with Crippen molar-refractivity contribution in [2.45, 2.75) is 38.2 Å². The highest BCUT2D eigenvalue weighted by molar-refractivity contribution is 5.92. The molecule has 0 spiro atoms. The average Bonchev–Trinajstić information content (AvgIpc) is 3.34. The number of halogens is 1. The van der Waals surface area contributed by atoms with Crippen molar-refractivity contribution in [3.63, 3.8) is 0 Å². The smallest absolute Gasteiger partial charge is 0.319 e. The third-order valence-electron chi connectivity index (χ3n) is 4.88. The van der Waals surface area contributed by atoms with Gasteiger partial charge in [0, 0.05) is 30.9 Å². The molecule has 1 aromatic rings. The van der Waals surface area contributed by atoms with Crippen molar-refractivity contribution >= 4 is 35.7 Å². The van der Waals surface area contributed by atoms with Gasteiger partial charge in [0.05, 0.1) is 6.10 Å². The van der Waals surface area contributed by atoms with E-state index < -0.39 is 0 Å². The van der Waals surface area contributed by atoms with Gasteiger partial charge < -0.3 is 26.0 Å². The zero-order chi connectivity index (χ0) is 18.2. The first-order chi connectivity index (χ1) is 12.7. The van der Waals surface area contributed by atoms with Crippen LogP contribution in [-0.2, 0) is 9.53 Å². The summed E-state index contributed by atoms with van der Waals surface area (Å²) in [4.78, 5) is 23.9. The molecule has 0 radical (unpaired) electrons. The Labute approximate surface area is 166 Å². The lowest BCUT2D eigenvalue weighted by Crippen LogP contribution is -2.35. The van der Waals surface area contributed by atoms with Crippen molar-refractivity contribution in [3.8, 4) is 0 Å². The molecule has 2 fully saturated rings. The Morgan fingerprint density at radius 3 is 2.48 bits per heavy atom. The van der Waals surface area contributed by atoms with Crippen molar-refractivity contribution in [2.75, 3.05) is 36.9 Å². The fraction of sp³-hybridized carbons (Fsp3) is 0.579. The van der Waals surface area contributed by atoms with Crippen LogP contribution in [0.5, 0.6) is 0 Å². The summed E-state index contributed by atoms with van der Waals surface area (Å²) in [5.74, 6) is 0.646. The van der Waals surface area contributed by atoms with E-state index in [0.29, 0.717) is 24.6 Å². The first-order valence-corrected chi connectivity index (χ1v) is 9.46. The zero-order valence-corrected chi connectivity index (χ0v) is 16.3. The fourth-order valence-electron chi connectivity index (χ4n) is 3.34. The number of hydrogen-bond acceptors (Lipinski definition) is 4. The van der Waals surface area contributed by atoms with Gasteiger partial charge in [-0.05, 0) is 69.0 Å².